The van der Waals surface area contributed by atoms with Crippen LogP contribution in [0.5, 0.6) is 5.75 Å². The highest BCUT2D eigenvalue weighted by Gasteiger charge is 2.29. The zero-order valence-corrected chi connectivity index (χ0v) is 18.8. The molecule has 1 unspecified atom stereocenters. The molecule has 1 amide bonds. The maximum absolute atomic E-state index is 12.4. The monoisotopic (exact) mass is 422 g/mol. The van der Waals surface area contributed by atoms with Crippen LogP contribution in [0.1, 0.15) is 35.6 Å². The van der Waals surface area contributed by atoms with Crippen LogP contribution >= 0.6 is 0 Å². The van der Waals surface area contributed by atoms with Gasteiger partial charge in [0, 0.05) is 38.5 Å². The van der Waals surface area contributed by atoms with Crippen LogP contribution in [0, 0.1) is 19.8 Å². The fraction of sp³-hybridized carbons (Fsp3) is 0.440. The maximum atomic E-state index is 12.4. The number of benzene rings is 2. The largest absolute Gasteiger partial charge is 0.507 e. The number of amides is 1. The van der Waals surface area contributed by atoms with Crippen molar-refractivity contribution in [3.63, 3.8) is 0 Å². The molecule has 6 heteroatoms. The SMILES string of the molecule is CCNC(=NCc1cc(C)c(O)c(C)c1)NCC1CC(=O)N(CCc2ccccc2)C1. The minimum atomic E-state index is 0.236. The molecule has 1 atom stereocenters. The van der Waals surface area contributed by atoms with E-state index in [2.05, 4.69) is 27.8 Å². The molecule has 0 aliphatic carbocycles. The smallest absolute Gasteiger partial charge is 0.223 e. The standard InChI is InChI=1S/C25H34N4O2/c1-4-26-25(27-15-21-12-18(2)24(31)19(3)13-21)28-16-22-14-23(30)29(17-22)11-10-20-8-6-5-7-9-20/h5-9,12-13,22,31H,4,10-11,14-17H2,1-3H3,(H2,26,27,28). The van der Waals surface area contributed by atoms with E-state index in [9.17, 15) is 9.90 Å². The van der Waals surface area contributed by atoms with Crippen molar-refractivity contribution in [2.75, 3.05) is 26.2 Å². The summed E-state index contributed by atoms with van der Waals surface area (Å²) in [7, 11) is 0. The van der Waals surface area contributed by atoms with Gasteiger partial charge in [-0.2, -0.15) is 0 Å². The van der Waals surface area contributed by atoms with Crippen molar-refractivity contribution in [3.05, 3.63) is 64.7 Å². The molecule has 3 rings (SSSR count). The number of nitrogens with one attached hydrogen (secondary N) is 2. The minimum Gasteiger partial charge on any atom is -0.507 e. The van der Waals surface area contributed by atoms with E-state index in [4.69, 9.17) is 0 Å². The lowest BCUT2D eigenvalue weighted by Gasteiger charge is -2.18. The molecule has 0 spiro atoms. The molecule has 1 fully saturated rings. The Hall–Kier alpha value is -3.02. The number of guanidine groups is 1. The summed E-state index contributed by atoms with van der Waals surface area (Å²) < 4.78 is 0. The van der Waals surface area contributed by atoms with Gasteiger partial charge in [0.25, 0.3) is 0 Å². The number of aliphatic imine (C=N–C) groups is 1. The van der Waals surface area contributed by atoms with Crippen LogP contribution in [0.4, 0.5) is 0 Å². The predicted octanol–water partition coefficient (Wildman–Crippen LogP) is 3.16. The van der Waals surface area contributed by atoms with Crippen molar-refractivity contribution in [3.8, 4) is 5.75 Å². The van der Waals surface area contributed by atoms with E-state index < -0.39 is 0 Å². The molecule has 166 valence electrons. The fourth-order valence-corrected chi connectivity index (χ4v) is 4.01. The first-order valence-electron chi connectivity index (χ1n) is 11.1. The van der Waals surface area contributed by atoms with Gasteiger partial charge in [0.1, 0.15) is 5.75 Å². The number of nitrogens with zero attached hydrogens (tertiary/aromatic N) is 2. The lowest BCUT2D eigenvalue weighted by molar-refractivity contribution is -0.127. The molecule has 1 aliphatic heterocycles. The summed E-state index contributed by atoms with van der Waals surface area (Å²) in [4.78, 5) is 19.1. The molecule has 0 saturated carbocycles. The van der Waals surface area contributed by atoms with Crippen LogP contribution in [0.15, 0.2) is 47.5 Å². The lowest BCUT2D eigenvalue weighted by Crippen LogP contribution is -2.40. The number of likely N-dealkylation sites (tertiary alicyclic amines) is 1. The maximum Gasteiger partial charge on any atom is 0.223 e. The first-order valence-corrected chi connectivity index (χ1v) is 11.1. The van der Waals surface area contributed by atoms with Gasteiger partial charge in [0.2, 0.25) is 5.91 Å². The number of hydrogen-bond acceptors (Lipinski definition) is 3. The van der Waals surface area contributed by atoms with E-state index in [1.165, 1.54) is 5.56 Å². The molecule has 0 aromatic heterocycles. The van der Waals surface area contributed by atoms with Crippen molar-refractivity contribution in [2.24, 2.45) is 10.9 Å². The number of phenolic OH excluding ortho intramolecular Hbond substituents is 1. The van der Waals surface area contributed by atoms with Gasteiger partial charge in [-0.3, -0.25) is 4.79 Å². The molecule has 0 bridgehead atoms. The zero-order chi connectivity index (χ0) is 22.2. The Morgan fingerprint density at radius 2 is 1.84 bits per heavy atom. The number of carbonyl (C=O) groups is 1. The molecule has 0 radical (unpaired) electrons. The Bertz CT molecular complexity index is 888. The molecule has 6 nitrogen and oxygen atoms in total. The van der Waals surface area contributed by atoms with Crippen molar-refractivity contribution in [1.82, 2.24) is 15.5 Å². The highest BCUT2D eigenvalue weighted by molar-refractivity contribution is 5.81. The van der Waals surface area contributed by atoms with Crippen molar-refractivity contribution in [2.45, 2.75) is 40.2 Å². The topological polar surface area (TPSA) is 77.0 Å². The number of rotatable bonds is 8. The van der Waals surface area contributed by atoms with Gasteiger partial charge in [-0.15, -0.1) is 0 Å². The predicted molar refractivity (Wildman–Crippen MR) is 125 cm³/mol. The molecular weight excluding hydrogens is 388 g/mol. The van der Waals surface area contributed by atoms with Gasteiger partial charge in [-0.25, -0.2) is 4.99 Å². The Morgan fingerprint density at radius 3 is 2.52 bits per heavy atom. The average Bonchev–Trinajstić information content (AvgIpc) is 3.12. The van der Waals surface area contributed by atoms with Crippen LogP contribution in [-0.4, -0.2) is 48.1 Å². The van der Waals surface area contributed by atoms with Gasteiger partial charge in [0.15, 0.2) is 5.96 Å². The second-order valence-corrected chi connectivity index (χ2v) is 8.30. The van der Waals surface area contributed by atoms with Gasteiger partial charge >= 0.3 is 0 Å². The van der Waals surface area contributed by atoms with E-state index in [1.54, 1.807) is 0 Å². The molecule has 2 aromatic rings. The molecule has 2 aromatic carbocycles. The van der Waals surface area contributed by atoms with E-state index in [0.29, 0.717) is 25.3 Å². The number of hydrogen-bond donors (Lipinski definition) is 3. The molecule has 1 aliphatic rings. The zero-order valence-electron chi connectivity index (χ0n) is 18.8. The number of phenols is 1. The Kier molecular flexibility index (Phi) is 7.93. The molecule has 1 heterocycles. The molecule has 1 saturated heterocycles. The van der Waals surface area contributed by atoms with E-state index in [-0.39, 0.29) is 11.8 Å². The summed E-state index contributed by atoms with van der Waals surface area (Å²) in [5, 5.41) is 16.6. The van der Waals surface area contributed by atoms with Gasteiger partial charge in [0.05, 0.1) is 6.54 Å². The number of carbonyl (C=O) groups excluding carboxylic acids is 1. The van der Waals surface area contributed by atoms with E-state index >= 15 is 0 Å². The first kappa shape index (κ1) is 22.7. The van der Waals surface area contributed by atoms with Crippen LogP contribution in [0.2, 0.25) is 0 Å². The van der Waals surface area contributed by atoms with Crippen LogP contribution < -0.4 is 10.6 Å². The summed E-state index contributed by atoms with van der Waals surface area (Å²) in [5.74, 6) is 1.62. The fourth-order valence-electron chi connectivity index (χ4n) is 4.01. The normalized spacial score (nSPS) is 16.6. The van der Waals surface area contributed by atoms with Crippen LogP contribution in [0.3, 0.4) is 0 Å². The van der Waals surface area contributed by atoms with Crippen molar-refractivity contribution in [1.29, 1.82) is 0 Å². The van der Waals surface area contributed by atoms with Crippen LogP contribution in [-0.2, 0) is 17.8 Å². The number of aryl methyl sites for hydroxylation is 2. The molecular formula is C25H34N4O2. The quantitative estimate of drug-likeness (QED) is 0.451. The molecule has 3 N–H and O–H groups in total. The highest BCUT2D eigenvalue weighted by atomic mass is 16.3. The summed E-state index contributed by atoms with van der Waals surface area (Å²) in [6.07, 6.45) is 1.47. The summed E-state index contributed by atoms with van der Waals surface area (Å²) in [6, 6.07) is 14.2. The average molecular weight is 423 g/mol. The Balaban J connectivity index is 1.51. The second-order valence-electron chi connectivity index (χ2n) is 8.30. The summed E-state index contributed by atoms with van der Waals surface area (Å²) >= 11 is 0. The summed E-state index contributed by atoms with van der Waals surface area (Å²) in [5.41, 5.74) is 4.05. The second kappa shape index (κ2) is 10.8. The van der Waals surface area contributed by atoms with Gasteiger partial charge < -0.3 is 20.6 Å². The van der Waals surface area contributed by atoms with Crippen LogP contribution in [0.25, 0.3) is 0 Å². The Labute approximate surface area is 185 Å². The minimum absolute atomic E-state index is 0.236. The lowest BCUT2D eigenvalue weighted by atomic mass is 10.1. The third kappa shape index (κ3) is 6.48. The molecule has 31 heavy (non-hydrogen) atoms. The Morgan fingerprint density at radius 1 is 1.13 bits per heavy atom. The third-order valence-corrected chi connectivity index (χ3v) is 5.68. The summed E-state index contributed by atoms with van der Waals surface area (Å²) in [6.45, 7) is 9.42. The number of aromatic hydroxyl groups is 1. The van der Waals surface area contributed by atoms with Crippen molar-refractivity contribution >= 4 is 11.9 Å². The van der Waals surface area contributed by atoms with E-state index in [1.807, 2.05) is 56.0 Å². The third-order valence-electron chi connectivity index (χ3n) is 5.68. The van der Waals surface area contributed by atoms with E-state index in [0.717, 1.165) is 48.7 Å². The van der Waals surface area contributed by atoms with Gasteiger partial charge in [-0.1, -0.05) is 42.5 Å². The highest BCUT2D eigenvalue weighted by Crippen LogP contribution is 2.23. The van der Waals surface area contributed by atoms with Gasteiger partial charge in [-0.05, 0) is 49.4 Å². The van der Waals surface area contributed by atoms with Crippen molar-refractivity contribution < 1.29 is 9.90 Å². The first-order chi connectivity index (χ1) is 15.0.